The zero-order valence-corrected chi connectivity index (χ0v) is 10.2. The van der Waals surface area contributed by atoms with Gasteiger partial charge in [-0.15, -0.1) is 0 Å². The predicted octanol–water partition coefficient (Wildman–Crippen LogP) is 3.02. The van der Waals surface area contributed by atoms with Crippen LogP contribution in [0.25, 0.3) is 6.08 Å². The fourth-order valence-corrected chi connectivity index (χ4v) is 2.50. The first-order chi connectivity index (χ1) is 8.77. The molecule has 1 aliphatic rings. The minimum absolute atomic E-state index is 0.262. The second kappa shape index (κ2) is 4.23. The van der Waals surface area contributed by atoms with E-state index in [0.717, 1.165) is 10.5 Å². The number of thiophene rings is 1. The molecular formula is C14H9NO2S. The maximum absolute atomic E-state index is 12.0. The van der Waals surface area contributed by atoms with Gasteiger partial charge in [0, 0.05) is 6.20 Å². The maximum Gasteiger partial charge on any atom is 0.265 e. The SMILES string of the molecule is O=C1c2ccccc2C(=O)N1/C=C/c1ccsc1. The third kappa shape index (κ3) is 1.67. The molecule has 18 heavy (non-hydrogen) atoms. The van der Waals surface area contributed by atoms with Gasteiger partial charge in [0.2, 0.25) is 0 Å². The molecule has 0 saturated heterocycles. The van der Waals surface area contributed by atoms with Gasteiger partial charge in [-0.25, -0.2) is 4.90 Å². The van der Waals surface area contributed by atoms with Crippen molar-refractivity contribution in [3.63, 3.8) is 0 Å². The highest BCUT2D eigenvalue weighted by atomic mass is 32.1. The first-order valence-electron chi connectivity index (χ1n) is 5.45. The van der Waals surface area contributed by atoms with Crippen molar-refractivity contribution in [2.45, 2.75) is 0 Å². The minimum Gasteiger partial charge on any atom is -0.268 e. The van der Waals surface area contributed by atoms with Crippen LogP contribution < -0.4 is 0 Å². The van der Waals surface area contributed by atoms with Crippen molar-refractivity contribution in [1.29, 1.82) is 0 Å². The number of nitrogens with zero attached hydrogens (tertiary/aromatic N) is 1. The monoisotopic (exact) mass is 255 g/mol. The lowest BCUT2D eigenvalue weighted by Gasteiger charge is -2.06. The van der Waals surface area contributed by atoms with E-state index in [0.29, 0.717) is 11.1 Å². The molecule has 0 unspecified atom stereocenters. The average Bonchev–Trinajstić information content (AvgIpc) is 2.98. The van der Waals surface area contributed by atoms with Gasteiger partial charge in [-0.1, -0.05) is 12.1 Å². The summed E-state index contributed by atoms with van der Waals surface area (Å²) in [5.41, 5.74) is 1.92. The van der Waals surface area contributed by atoms with E-state index in [4.69, 9.17) is 0 Å². The number of benzene rings is 1. The summed E-state index contributed by atoms with van der Waals surface area (Å²) in [5.74, 6) is -0.524. The van der Waals surface area contributed by atoms with Crippen molar-refractivity contribution >= 4 is 29.2 Å². The lowest BCUT2D eigenvalue weighted by Crippen LogP contribution is -2.23. The van der Waals surface area contributed by atoms with Gasteiger partial charge in [-0.3, -0.25) is 9.59 Å². The van der Waals surface area contributed by atoms with Crippen LogP contribution >= 0.6 is 11.3 Å². The van der Waals surface area contributed by atoms with Crippen LogP contribution in [0.15, 0.2) is 47.3 Å². The van der Waals surface area contributed by atoms with Crippen LogP contribution in [-0.4, -0.2) is 16.7 Å². The summed E-state index contributed by atoms with van der Waals surface area (Å²) in [4.78, 5) is 25.2. The molecule has 3 nitrogen and oxygen atoms in total. The molecule has 0 atom stereocenters. The number of hydrogen-bond donors (Lipinski definition) is 0. The van der Waals surface area contributed by atoms with E-state index in [-0.39, 0.29) is 11.8 Å². The van der Waals surface area contributed by atoms with E-state index >= 15 is 0 Å². The summed E-state index contributed by atoms with van der Waals surface area (Å²) in [6.07, 6.45) is 3.30. The molecule has 2 amide bonds. The molecule has 1 aromatic heterocycles. The molecule has 0 aliphatic carbocycles. The Hall–Kier alpha value is -2.20. The molecule has 0 spiro atoms. The molecule has 4 heteroatoms. The third-order valence-electron chi connectivity index (χ3n) is 2.78. The van der Waals surface area contributed by atoms with Crippen LogP contribution in [0.3, 0.4) is 0 Å². The van der Waals surface area contributed by atoms with Gasteiger partial charge in [0.05, 0.1) is 11.1 Å². The van der Waals surface area contributed by atoms with Crippen molar-refractivity contribution in [1.82, 2.24) is 4.90 Å². The molecule has 88 valence electrons. The quantitative estimate of drug-likeness (QED) is 0.773. The van der Waals surface area contributed by atoms with Gasteiger partial charge in [-0.2, -0.15) is 11.3 Å². The van der Waals surface area contributed by atoms with Crippen LogP contribution in [0.4, 0.5) is 0 Å². The first kappa shape index (κ1) is 10.9. The fourth-order valence-electron chi connectivity index (χ4n) is 1.87. The molecule has 1 aliphatic heterocycles. The zero-order chi connectivity index (χ0) is 12.5. The van der Waals surface area contributed by atoms with Gasteiger partial charge in [0.25, 0.3) is 11.8 Å². The second-order valence-electron chi connectivity index (χ2n) is 3.90. The van der Waals surface area contributed by atoms with Crippen molar-refractivity contribution in [3.8, 4) is 0 Å². The lowest BCUT2D eigenvalue weighted by molar-refractivity contribution is 0.0722. The Kier molecular flexibility index (Phi) is 2.57. The van der Waals surface area contributed by atoms with Crippen molar-refractivity contribution in [3.05, 3.63) is 64.0 Å². The van der Waals surface area contributed by atoms with Crippen molar-refractivity contribution in [2.24, 2.45) is 0 Å². The van der Waals surface area contributed by atoms with Crippen LogP contribution in [0.1, 0.15) is 26.3 Å². The predicted molar refractivity (Wildman–Crippen MR) is 70.3 cm³/mol. The highest BCUT2D eigenvalue weighted by molar-refractivity contribution is 7.08. The molecule has 1 aromatic carbocycles. The smallest absolute Gasteiger partial charge is 0.265 e. The van der Waals surface area contributed by atoms with Crippen molar-refractivity contribution < 1.29 is 9.59 Å². The fraction of sp³-hybridized carbons (Fsp3) is 0. The number of carbonyl (C=O) groups excluding carboxylic acids is 2. The summed E-state index contributed by atoms with van der Waals surface area (Å²) in [6, 6.07) is 8.80. The molecule has 2 heterocycles. The average molecular weight is 255 g/mol. The van der Waals surface area contributed by atoms with E-state index in [1.54, 1.807) is 41.7 Å². The summed E-state index contributed by atoms with van der Waals surface area (Å²) in [7, 11) is 0. The highest BCUT2D eigenvalue weighted by Gasteiger charge is 2.33. The number of imide groups is 1. The number of fused-ring (bicyclic) bond motifs is 1. The number of rotatable bonds is 2. The van der Waals surface area contributed by atoms with Crippen LogP contribution in [0, 0.1) is 0 Å². The maximum atomic E-state index is 12.0. The summed E-state index contributed by atoms with van der Waals surface area (Å²) in [5, 5.41) is 3.90. The van der Waals surface area contributed by atoms with Gasteiger partial charge < -0.3 is 0 Å². The highest BCUT2D eigenvalue weighted by Crippen LogP contribution is 2.23. The minimum atomic E-state index is -0.262. The van der Waals surface area contributed by atoms with E-state index in [9.17, 15) is 9.59 Å². The Balaban J connectivity index is 1.93. The molecule has 2 aromatic rings. The normalized spacial score (nSPS) is 14.6. The molecule has 0 saturated carbocycles. The van der Waals surface area contributed by atoms with Crippen LogP contribution in [0.5, 0.6) is 0 Å². The number of carbonyl (C=O) groups is 2. The standard InChI is InChI=1S/C14H9NO2S/c16-13-11-3-1-2-4-12(11)14(17)15(13)7-5-10-6-8-18-9-10/h1-9H/b7-5+. The molecule has 0 radical (unpaired) electrons. The largest absolute Gasteiger partial charge is 0.268 e. The molecule has 0 fully saturated rings. The van der Waals surface area contributed by atoms with Crippen LogP contribution in [0.2, 0.25) is 0 Å². The second-order valence-corrected chi connectivity index (χ2v) is 4.68. The number of hydrogen-bond acceptors (Lipinski definition) is 3. The summed E-state index contributed by atoms with van der Waals surface area (Å²) in [6.45, 7) is 0. The number of amides is 2. The molecule has 0 N–H and O–H groups in total. The van der Waals surface area contributed by atoms with E-state index in [1.807, 2.05) is 16.8 Å². The molecule has 0 bridgehead atoms. The first-order valence-corrected chi connectivity index (χ1v) is 6.39. The van der Waals surface area contributed by atoms with Crippen LogP contribution in [-0.2, 0) is 0 Å². The van der Waals surface area contributed by atoms with Gasteiger partial charge in [0.15, 0.2) is 0 Å². The Morgan fingerprint density at radius 1 is 1.00 bits per heavy atom. The lowest BCUT2D eigenvalue weighted by atomic mass is 10.1. The van der Waals surface area contributed by atoms with Gasteiger partial charge >= 0.3 is 0 Å². The Morgan fingerprint density at radius 3 is 2.22 bits per heavy atom. The van der Waals surface area contributed by atoms with E-state index in [2.05, 4.69) is 0 Å². The topological polar surface area (TPSA) is 37.4 Å². The van der Waals surface area contributed by atoms with Crippen molar-refractivity contribution in [2.75, 3.05) is 0 Å². The molecule has 3 rings (SSSR count). The molecular weight excluding hydrogens is 246 g/mol. The summed E-state index contributed by atoms with van der Waals surface area (Å²) >= 11 is 1.57. The Morgan fingerprint density at radius 2 is 1.67 bits per heavy atom. The van der Waals surface area contributed by atoms with Gasteiger partial charge in [-0.05, 0) is 40.6 Å². The Labute approximate surface area is 108 Å². The van der Waals surface area contributed by atoms with E-state index in [1.165, 1.54) is 6.20 Å². The van der Waals surface area contributed by atoms with E-state index < -0.39 is 0 Å². The zero-order valence-electron chi connectivity index (χ0n) is 9.37. The summed E-state index contributed by atoms with van der Waals surface area (Å²) < 4.78 is 0. The van der Waals surface area contributed by atoms with Gasteiger partial charge in [0.1, 0.15) is 0 Å². The third-order valence-corrected chi connectivity index (χ3v) is 3.49. The Bertz CT molecular complexity index is 609.